The van der Waals surface area contributed by atoms with Crippen LogP contribution in [0.15, 0.2) is 18.5 Å². The Bertz CT molecular complexity index is 1160. The van der Waals surface area contributed by atoms with Gasteiger partial charge in [0.05, 0.1) is 40.3 Å². The van der Waals surface area contributed by atoms with Gasteiger partial charge >= 0.3 is 0 Å². The third kappa shape index (κ3) is 5.82. The summed E-state index contributed by atoms with van der Waals surface area (Å²) in [6, 6.07) is 1.39. The molecule has 192 valence electrons. The van der Waals surface area contributed by atoms with Crippen LogP contribution < -0.4 is 10.6 Å². The van der Waals surface area contributed by atoms with Crippen LogP contribution in [0.25, 0.3) is 20.8 Å². The summed E-state index contributed by atoms with van der Waals surface area (Å²) < 4.78 is 6.19. The standard InChI is InChI=1S/C23H32N6O4S.ClH/c1-11(10-33-5)26-22-25-9-13(21-28-17-12(2)24-7-6-16(17)34-21)20(29-22)27-15-8-14(23(3,4)32)18(30)19(15)31;/h6-7,9,11,14-15,18-19,30-32H,8,10H2,1-5H3,(H2,25,26,27,29);1H/t11-,14+,15-,18-,19+;/m1./s1. The monoisotopic (exact) mass is 524 g/mol. The summed E-state index contributed by atoms with van der Waals surface area (Å²) >= 11 is 1.51. The number of thiazole rings is 1. The molecule has 0 aromatic carbocycles. The number of aliphatic hydroxyl groups is 3. The van der Waals surface area contributed by atoms with Crippen molar-refractivity contribution in [1.29, 1.82) is 0 Å². The second-order valence-electron chi connectivity index (χ2n) is 9.45. The van der Waals surface area contributed by atoms with Gasteiger partial charge in [-0.05, 0) is 40.2 Å². The zero-order valence-electron chi connectivity index (χ0n) is 20.4. The van der Waals surface area contributed by atoms with Crippen molar-refractivity contribution >= 4 is 45.7 Å². The van der Waals surface area contributed by atoms with E-state index in [-0.39, 0.29) is 18.4 Å². The van der Waals surface area contributed by atoms with Gasteiger partial charge in [0.2, 0.25) is 5.95 Å². The van der Waals surface area contributed by atoms with E-state index in [4.69, 9.17) is 9.72 Å². The summed E-state index contributed by atoms with van der Waals surface area (Å²) in [5, 5.41) is 39.0. The van der Waals surface area contributed by atoms with Crippen LogP contribution in [0.2, 0.25) is 0 Å². The van der Waals surface area contributed by atoms with Crippen LogP contribution >= 0.6 is 23.7 Å². The quantitative estimate of drug-likeness (QED) is 0.298. The first kappa shape index (κ1) is 27.4. The molecule has 1 aliphatic rings. The van der Waals surface area contributed by atoms with Gasteiger partial charge < -0.3 is 30.7 Å². The molecule has 4 rings (SSSR count). The molecule has 0 unspecified atom stereocenters. The van der Waals surface area contributed by atoms with E-state index < -0.39 is 29.8 Å². The van der Waals surface area contributed by atoms with Crippen molar-refractivity contribution in [1.82, 2.24) is 19.9 Å². The largest absolute Gasteiger partial charge is 0.390 e. The predicted molar refractivity (Wildman–Crippen MR) is 139 cm³/mol. The summed E-state index contributed by atoms with van der Waals surface area (Å²) in [5.41, 5.74) is 1.21. The van der Waals surface area contributed by atoms with E-state index >= 15 is 0 Å². The fourth-order valence-electron chi connectivity index (χ4n) is 4.38. The summed E-state index contributed by atoms with van der Waals surface area (Å²) in [4.78, 5) is 18.3. The topological polar surface area (TPSA) is 146 Å². The number of aryl methyl sites for hydroxylation is 1. The molecule has 0 amide bonds. The Kier molecular flexibility index (Phi) is 8.51. The number of pyridine rings is 1. The average molecular weight is 525 g/mol. The predicted octanol–water partition coefficient (Wildman–Crippen LogP) is 2.62. The molecule has 1 fully saturated rings. The molecule has 10 nitrogen and oxygen atoms in total. The van der Waals surface area contributed by atoms with Gasteiger partial charge in [-0.25, -0.2) is 9.97 Å². The molecule has 0 radical (unpaired) electrons. The zero-order chi connectivity index (χ0) is 24.6. The highest BCUT2D eigenvalue weighted by Gasteiger charge is 2.47. The highest BCUT2D eigenvalue weighted by molar-refractivity contribution is 7.21. The first-order chi connectivity index (χ1) is 16.1. The fourth-order valence-corrected chi connectivity index (χ4v) is 5.41. The van der Waals surface area contributed by atoms with E-state index in [1.807, 2.05) is 19.9 Å². The molecule has 0 aliphatic heterocycles. The van der Waals surface area contributed by atoms with Gasteiger partial charge in [0.15, 0.2) is 0 Å². The normalized spacial score (nSPS) is 23.2. The molecule has 3 heterocycles. The zero-order valence-corrected chi connectivity index (χ0v) is 22.0. The first-order valence-corrected chi connectivity index (χ1v) is 12.1. The lowest BCUT2D eigenvalue weighted by Crippen LogP contribution is -2.40. The van der Waals surface area contributed by atoms with Gasteiger partial charge in [-0.15, -0.1) is 23.7 Å². The smallest absolute Gasteiger partial charge is 0.224 e. The van der Waals surface area contributed by atoms with E-state index in [1.165, 1.54) is 11.3 Å². The maximum atomic E-state index is 10.7. The lowest BCUT2D eigenvalue weighted by Gasteiger charge is -2.28. The Labute approximate surface area is 214 Å². The van der Waals surface area contributed by atoms with Gasteiger partial charge in [0.25, 0.3) is 0 Å². The molecule has 3 aromatic heterocycles. The first-order valence-electron chi connectivity index (χ1n) is 11.3. The molecule has 0 spiro atoms. The Morgan fingerprint density at radius 2 is 1.97 bits per heavy atom. The number of hydrogen-bond acceptors (Lipinski definition) is 11. The molecule has 1 saturated carbocycles. The van der Waals surface area contributed by atoms with Crippen molar-refractivity contribution in [3.8, 4) is 10.6 Å². The van der Waals surface area contributed by atoms with Crippen molar-refractivity contribution in [2.45, 2.75) is 64.0 Å². The minimum absolute atomic E-state index is 0. The van der Waals surface area contributed by atoms with Crippen LogP contribution in [0, 0.1) is 12.8 Å². The van der Waals surface area contributed by atoms with Gasteiger partial charge in [0, 0.05) is 31.5 Å². The fraction of sp³-hybridized carbons (Fsp3) is 0.565. The maximum Gasteiger partial charge on any atom is 0.224 e. The van der Waals surface area contributed by atoms with Crippen molar-refractivity contribution in [2.24, 2.45) is 5.92 Å². The molecule has 5 atom stereocenters. The number of nitrogens with one attached hydrogen (secondary N) is 2. The number of aromatic nitrogens is 4. The Hall–Kier alpha value is -2.15. The highest BCUT2D eigenvalue weighted by Crippen LogP contribution is 2.39. The minimum atomic E-state index is -1.13. The molecule has 0 bridgehead atoms. The van der Waals surface area contributed by atoms with E-state index in [0.717, 1.165) is 20.9 Å². The van der Waals surface area contributed by atoms with Crippen molar-refractivity contribution < 1.29 is 20.1 Å². The molecular formula is C23H33ClN6O4S. The van der Waals surface area contributed by atoms with Crippen LogP contribution in [0.3, 0.4) is 0 Å². The number of methoxy groups -OCH3 is 1. The van der Waals surface area contributed by atoms with E-state index in [0.29, 0.717) is 30.4 Å². The Morgan fingerprint density at radius 1 is 1.23 bits per heavy atom. The molecule has 3 aromatic rings. The number of rotatable bonds is 8. The number of ether oxygens (including phenoxy) is 1. The molecule has 12 heteroatoms. The Balaban J connectivity index is 0.00000342. The number of fused-ring (bicyclic) bond motifs is 1. The van der Waals surface area contributed by atoms with E-state index in [1.54, 1.807) is 33.4 Å². The minimum Gasteiger partial charge on any atom is -0.390 e. The van der Waals surface area contributed by atoms with Crippen LogP contribution in [0.1, 0.15) is 32.9 Å². The van der Waals surface area contributed by atoms with Crippen molar-refractivity contribution in [2.75, 3.05) is 24.4 Å². The summed E-state index contributed by atoms with van der Waals surface area (Å²) in [5.74, 6) is 0.405. The maximum absolute atomic E-state index is 10.7. The van der Waals surface area contributed by atoms with Gasteiger partial charge in [-0.2, -0.15) is 4.98 Å². The Morgan fingerprint density at radius 3 is 2.60 bits per heavy atom. The van der Waals surface area contributed by atoms with Crippen molar-refractivity contribution in [3.05, 3.63) is 24.2 Å². The number of anilines is 2. The third-order valence-corrected chi connectivity index (χ3v) is 7.27. The third-order valence-electron chi connectivity index (χ3n) is 6.21. The number of hydrogen-bond donors (Lipinski definition) is 5. The van der Waals surface area contributed by atoms with Gasteiger partial charge in [0.1, 0.15) is 22.4 Å². The van der Waals surface area contributed by atoms with E-state index in [9.17, 15) is 15.3 Å². The van der Waals surface area contributed by atoms with Gasteiger partial charge in [-0.3, -0.25) is 4.98 Å². The van der Waals surface area contributed by atoms with E-state index in [2.05, 4.69) is 25.6 Å². The highest BCUT2D eigenvalue weighted by atomic mass is 35.5. The van der Waals surface area contributed by atoms with Crippen LogP contribution in [-0.4, -0.2) is 78.9 Å². The van der Waals surface area contributed by atoms with Crippen LogP contribution in [-0.2, 0) is 4.74 Å². The second-order valence-corrected chi connectivity index (χ2v) is 10.5. The molecule has 1 aliphatic carbocycles. The van der Waals surface area contributed by atoms with Crippen LogP contribution in [0.5, 0.6) is 0 Å². The second kappa shape index (κ2) is 10.9. The summed E-state index contributed by atoms with van der Waals surface area (Å²) in [6.45, 7) is 7.64. The number of halogens is 1. The van der Waals surface area contributed by atoms with Crippen molar-refractivity contribution in [3.63, 3.8) is 0 Å². The number of nitrogens with zero attached hydrogens (tertiary/aromatic N) is 4. The summed E-state index contributed by atoms with van der Waals surface area (Å²) in [7, 11) is 1.63. The molecule has 35 heavy (non-hydrogen) atoms. The SMILES string of the molecule is COC[C@@H](C)Nc1ncc(-c2nc3c(C)nccc3s2)c(N[C@@H]2C[C@H](C(C)(C)O)[C@@H](O)[C@H]2O)n1.Cl. The summed E-state index contributed by atoms with van der Waals surface area (Å²) in [6.07, 6.45) is 1.71. The van der Waals surface area contributed by atoms with Gasteiger partial charge in [-0.1, -0.05) is 0 Å². The average Bonchev–Trinajstić information content (AvgIpc) is 3.32. The number of aliphatic hydroxyl groups excluding tert-OH is 2. The molecule has 0 saturated heterocycles. The lowest BCUT2D eigenvalue weighted by molar-refractivity contribution is -0.0601. The van der Waals surface area contributed by atoms with Crippen LogP contribution in [0.4, 0.5) is 11.8 Å². The lowest BCUT2D eigenvalue weighted by atomic mass is 9.88. The molecule has 5 N–H and O–H groups in total. The molecular weight excluding hydrogens is 492 g/mol.